The lowest BCUT2D eigenvalue weighted by molar-refractivity contribution is 0.0370. The molecule has 0 radical (unpaired) electrons. The highest BCUT2D eigenvalue weighted by atomic mass is 35.5. The Balaban J connectivity index is 1.14. The van der Waals surface area contributed by atoms with Gasteiger partial charge in [0, 0.05) is 68.5 Å². The first-order chi connectivity index (χ1) is 20.8. The number of aromatic nitrogens is 3. The molecule has 2 aliphatic rings. The Labute approximate surface area is 254 Å². The molecule has 43 heavy (non-hydrogen) atoms. The molecular formula is C31H35ClFN7O3. The van der Waals surface area contributed by atoms with E-state index in [0.29, 0.717) is 47.9 Å². The van der Waals surface area contributed by atoms with Crippen LogP contribution in [-0.4, -0.2) is 94.2 Å². The van der Waals surface area contributed by atoms with Gasteiger partial charge in [0.05, 0.1) is 30.1 Å². The number of rotatable bonds is 7. The van der Waals surface area contributed by atoms with E-state index in [4.69, 9.17) is 16.3 Å². The average Bonchev–Trinajstić information content (AvgIpc) is 3.45. The number of carbonyl (C=O) groups excluding carboxylic acids is 1. The second-order valence-corrected chi connectivity index (χ2v) is 11.5. The van der Waals surface area contributed by atoms with Crippen LogP contribution in [-0.2, 0) is 0 Å². The van der Waals surface area contributed by atoms with Gasteiger partial charge < -0.3 is 25.4 Å². The molecule has 0 saturated carbocycles. The predicted octanol–water partition coefficient (Wildman–Crippen LogP) is 3.98. The van der Waals surface area contributed by atoms with Crippen LogP contribution in [0.4, 0.5) is 15.9 Å². The number of amides is 1. The maximum absolute atomic E-state index is 14.6. The third-order valence-electron chi connectivity index (χ3n) is 8.43. The SMILES string of the molecule is COc1ccc(-c2cnc3c(Nc4ccc(C(=O)N5CCN(CC6CCNC[C@H]6O)CC5)c(C)c4)nccn23)c(Cl)c1F. The number of hydrogen-bond donors (Lipinski definition) is 3. The Morgan fingerprint density at radius 1 is 1.21 bits per heavy atom. The fourth-order valence-electron chi connectivity index (χ4n) is 5.96. The summed E-state index contributed by atoms with van der Waals surface area (Å²) >= 11 is 6.33. The molecule has 10 nitrogen and oxygen atoms in total. The quantitative estimate of drug-likeness (QED) is 0.290. The fraction of sp³-hybridized carbons (Fsp3) is 0.387. The van der Waals surface area contributed by atoms with Crippen molar-refractivity contribution in [2.75, 3.05) is 58.2 Å². The lowest BCUT2D eigenvalue weighted by Crippen LogP contribution is -2.52. The molecule has 0 aliphatic carbocycles. The number of nitrogens with zero attached hydrogens (tertiary/aromatic N) is 5. The normalized spacial score (nSPS) is 19.5. The summed E-state index contributed by atoms with van der Waals surface area (Å²) in [4.78, 5) is 26.7. The van der Waals surface area contributed by atoms with Crippen molar-refractivity contribution in [3.8, 4) is 17.0 Å². The van der Waals surface area contributed by atoms with Crippen molar-refractivity contribution in [3.05, 3.63) is 70.9 Å². The minimum absolute atomic E-state index is 0.0207. The number of fused-ring (bicyclic) bond motifs is 1. The molecule has 2 atom stereocenters. The molecule has 1 amide bonds. The van der Waals surface area contributed by atoms with E-state index in [-0.39, 0.29) is 28.7 Å². The van der Waals surface area contributed by atoms with E-state index in [1.165, 1.54) is 13.2 Å². The Morgan fingerprint density at radius 2 is 2.02 bits per heavy atom. The van der Waals surface area contributed by atoms with Crippen molar-refractivity contribution >= 4 is 34.7 Å². The lowest BCUT2D eigenvalue weighted by Gasteiger charge is -2.38. The largest absolute Gasteiger partial charge is 0.494 e. The van der Waals surface area contributed by atoms with Crippen molar-refractivity contribution in [1.29, 1.82) is 0 Å². The minimum atomic E-state index is -0.631. The number of aliphatic hydroxyl groups excluding tert-OH is 1. The molecule has 4 aromatic rings. The number of carbonyl (C=O) groups is 1. The molecule has 4 heterocycles. The number of aliphatic hydroxyl groups is 1. The third kappa shape index (κ3) is 5.90. The van der Waals surface area contributed by atoms with Gasteiger partial charge in [-0.05, 0) is 61.7 Å². The van der Waals surface area contributed by atoms with Crippen LogP contribution in [0.1, 0.15) is 22.3 Å². The maximum Gasteiger partial charge on any atom is 0.254 e. The van der Waals surface area contributed by atoms with Crippen LogP contribution in [0.15, 0.2) is 48.9 Å². The first kappa shape index (κ1) is 29.3. The van der Waals surface area contributed by atoms with E-state index < -0.39 is 5.82 Å². The van der Waals surface area contributed by atoms with E-state index in [1.54, 1.807) is 29.1 Å². The molecule has 2 fully saturated rings. The van der Waals surface area contributed by atoms with E-state index in [0.717, 1.165) is 43.9 Å². The molecule has 3 N–H and O–H groups in total. The number of piperidine rings is 1. The number of imidazole rings is 1. The van der Waals surface area contributed by atoms with Crippen LogP contribution in [0.5, 0.6) is 5.75 Å². The summed E-state index contributed by atoms with van der Waals surface area (Å²) in [6.07, 6.45) is 5.66. The topological polar surface area (TPSA) is 107 Å². The van der Waals surface area contributed by atoms with Gasteiger partial charge in [0.1, 0.15) is 0 Å². The van der Waals surface area contributed by atoms with Crippen molar-refractivity contribution in [2.24, 2.45) is 5.92 Å². The van der Waals surface area contributed by atoms with Crippen molar-refractivity contribution in [3.63, 3.8) is 0 Å². The van der Waals surface area contributed by atoms with Gasteiger partial charge in [-0.2, -0.15) is 0 Å². The number of piperazine rings is 1. The highest BCUT2D eigenvalue weighted by Gasteiger charge is 2.28. The van der Waals surface area contributed by atoms with Crippen molar-refractivity contribution < 1.29 is 19.0 Å². The van der Waals surface area contributed by atoms with Crippen LogP contribution in [0.3, 0.4) is 0 Å². The zero-order valence-electron chi connectivity index (χ0n) is 24.2. The van der Waals surface area contributed by atoms with E-state index in [9.17, 15) is 14.3 Å². The first-order valence-electron chi connectivity index (χ1n) is 14.5. The summed E-state index contributed by atoms with van der Waals surface area (Å²) < 4.78 is 21.5. The van der Waals surface area contributed by atoms with Gasteiger partial charge in [-0.3, -0.25) is 14.1 Å². The molecule has 1 unspecified atom stereocenters. The number of halogens is 2. The smallest absolute Gasteiger partial charge is 0.254 e. The van der Waals surface area contributed by atoms with Crippen molar-refractivity contribution in [2.45, 2.75) is 19.4 Å². The molecule has 0 bridgehead atoms. The molecule has 6 rings (SSSR count). The molecule has 12 heteroatoms. The van der Waals surface area contributed by atoms with Gasteiger partial charge in [-0.1, -0.05) is 11.6 Å². The van der Waals surface area contributed by atoms with Crippen molar-refractivity contribution in [1.82, 2.24) is 29.5 Å². The molecule has 2 aromatic carbocycles. The van der Waals surface area contributed by atoms with Gasteiger partial charge in [0.2, 0.25) is 0 Å². The second kappa shape index (κ2) is 12.5. The average molecular weight is 608 g/mol. The summed E-state index contributed by atoms with van der Waals surface area (Å²) in [5.74, 6) is 0.246. The van der Waals surface area contributed by atoms with E-state index >= 15 is 0 Å². The Bertz CT molecular complexity index is 1640. The molecule has 2 aliphatic heterocycles. The minimum Gasteiger partial charge on any atom is -0.494 e. The van der Waals surface area contributed by atoms with Crippen LogP contribution in [0.2, 0.25) is 5.02 Å². The summed E-state index contributed by atoms with van der Waals surface area (Å²) in [5.41, 5.74) is 3.91. The van der Waals surface area contributed by atoms with Gasteiger partial charge in [0.15, 0.2) is 23.0 Å². The summed E-state index contributed by atoms with van der Waals surface area (Å²) in [6, 6.07) is 8.85. The number of anilines is 2. The van der Waals surface area contributed by atoms with E-state index in [2.05, 4.69) is 25.5 Å². The molecular weight excluding hydrogens is 573 g/mol. The second-order valence-electron chi connectivity index (χ2n) is 11.1. The molecule has 0 spiro atoms. The Morgan fingerprint density at radius 3 is 2.77 bits per heavy atom. The Kier molecular flexibility index (Phi) is 8.49. The number of benzene rings is 2. The highest BCUT2D eigenvalue weighted by molar-refractivity contribution is 6.33. The monoisotopic (exact) mass is 607 g/mol. The van der Waals surface area contributed by atoms with Gasteiger partial charge >= 0.3 is 0 Å². The molecule has 2 saturated heterocycles. The van der Waals surface area contributed by atoms with Crippen LogP contribution in [0, 0.1) is 18.7 Å². The zero-order chi connectivity index (χ0) is 30.1. The summed E-state index contributed by atoms with van der Waals surface area (Å²) in [6.45, 7) is 7.32. The van der Waals surface area contributed by atoms with Crippen LogP contribution in [0.25, 0.3) is 16.9 Å². The fourth-order valence-corrected chi connectivity index (χ4v) is 6.21. The highest BCUT2D eigenvalue weighted by Crippen LogP contribution is 2.36. The number of β-amino-alcohol motifs (C(OH)–C–C–N with tert-alkyl or cyclic N) is 1. The molecule has 2 aromatic heterocycles. The van der Waals surface area contributed by atoms with Crippen LogP contribution < -0.4 is 15.4 Å². The van der Waals surface area contributed by atoms with Crippen LogP contribution >= 0.6 is 11.6 Å². The number of hydrogen-bond acceptors (Lipinski definition) is 8. The number of nitrogens with one attached hydrogen (secondary N) is 2. The van der Waals surface area contributed by atoms with Gasteiger partial charge in [0.25, 0.3) is 5.91 Å². The standard InChI is InChI=1S/C31H35ClFN7O3/c1-19-15-21(3-4-22(19)31(42)39-13-11-38(12-14-39)18-20-7-8-34-17-25(20)41)37-29-30-36-16-24(40(30)10-9-35-29)23-5-6-26(43-2)28(33)27(23)32/h3-6,9-10,15-16,20,25,34,41H,7-8,11-14,17-18H2,1-2H3,(H,35,37)/t20?,25-/m1/s1. The summed E-state index contributed by atoms with van der Waals surface area (Å²) in [7, 11) is 1.39. The predicted molar refractivity (Wildman–Crippen MR) is 164 cm³/mol. The number of methoxy groups -OCH3 is 1. The lowest BCUT2D eigenvalue weighted by atomic mass is 9.94. The maximum atomic E-state index is 14.6. The zero-order valence-corrected chi connectivity index (χ0v) is 24.9. The first-order valence-corrected chi connectivity index (χ1v) is 14.8. The Hall–Kier alpha value is -3.77. The third-order valence-corrected chi connectivity index (χ3v) is 8.80. The van der Waals surface area contributed by atoms with Gasteiger partial charge in [-0.25, -0.2) is 14.4 Å². The number of aryl methyl sites for hydroxylation is 1. The summed E-state index contributed by atoms with van der Waals surface area (Å²) in [5, 5.41) is 16.8. The van der Waals surface area contributed by atoms with Gasteiger partial charge in [-0.15, -0.1) is 0 Å². The molecule has 226 valence electrons. The van der Waals surface area contributed by atoms with E-state index in [1.807, 2.05) is 30.0 Å². The number of ether oxygens (including phenoxy) is 1.